The first-order valence-corrected chi connectivity index (χ1v) is 8.12. The van der Waals surface area contributed by atoms with Gasteiger partial charge in [0.2, 0.25) is 0 Å². The number of allylic oxidation sites excluding steroid dienone is 1. The third kappa shape index (κ3) is 5.26. The molecule has 0 radical (unpaired) electrons. The number of hydrogen-bond donors (Lipinski definition) is 0. The van der Waals surface area contributed by atoms with E-state index in [1.165, 1.54) is 24.0 Å². The zero-order valence-electron chi connectivity index (χ0n) is 13.4. The summed E-state index contributed by atoms with van der Waals surface area (Å²) in [6, 6.07) is 17.1. The Balaban J connectivity index is 2.04. The van der Waals surface area contributed by atoms with Crippen LogP contribution in [0.3, 0.4) is 0 Å². The molecule has 0 aromatic heterocycles. The molecule has 0 amide bonds. The number of benzene rings is 2. The summed E-state index contributed by atoms with van der Waals surface area (Å²) >= 11 is 0. The van der Waals surface area contributed by atoms with Crippen molar-refractivity contribution in [1.82, 2.24) is 0 Å². The van der Waals surface area contributed by atoms with Crippen molar-refractivity contribution in [2.75, 3.05) is 0 Å². The fraction of sp³-hybridized carbons (Fsp3) is 0.273. The largest absolute Gasteiger partial charge is 0.103 e. The van der Waals surface area contributed by atoms with Crippen molar-refractivity contribution in [2.24, 2.45) is 0 Å². The fourth-order valence-corrected chi connectivity index (χ4v) is 2.35. The molecular weight excluding hydrogens is 264 g/mol. The topological polar surface area (TPSA) is 0 Å². The van der Waals surface area contributed by atoms with Crippen LogP contribution in [0.15, 0.2) is 61.2 Å². The molecule has 112 valence electrons. The summed E-state index contributed by atoms with van der Waals surface area (Å²) in [7, 11) is 0. The predicted octanol–water partition coefficient (Wildman–Crippen LogP) is 5.55. The molecular formula is C22H24. The lowest BCUT2D eigenvalue weighted by atomic mass is 10.0. The lowest BCUT2D eigenvalue weighted by Gasteiger charge is -2.00. The summed E-state index contributed by atoms with van der Waals surface area (Å²) in [4.78, 5) is 0. The summed E-state index contributed by atoms with van der Waals surface area (Å²) in [5.74, 6) is 6.53. The van der Waals surface area contributed by atoms with E-state index in [4.69, 9.17) is 0 Å². The summed E-state index contributed by atoms with van der Waals surface area (Å²) in [6.07, 6.45) is 7.65. The Bertz CT molecular complexity index is 650. The highest BCUT2D eigenvalue weighted by Crippen LogP contribution is 2.09. The van der Waals surface area contributed by atoms with Gasteiger partial charge in [-0.3, -0.25) is 0 Å². The van der Waals surface area contributed by atoms with Gasteiger partial charge in [-0.15, -0.1) is 6.58 Å². The van der Waals surface area contributed by atoms with Crippen LogP contribution in [0.5, 0.6) is 0 Å². The monoisotopic (exact) mass is 288 g/mol. The van der Waals surface area contributed by atoms with Gasteiger partial charge in [0.25, 0.3) is 0 Å². The maximum Gasteiger partial charge on any atom is 0.0251 e. The Kier molecular flexibility index (Phi) is 6.52. The van der Waals surface area contributed by atoms with E-state index in [9.17, 15) is 0 Å². The summed E-state index contributed by atoms with van der Waals surface area (Å²) in [5, 5.41) is 0. The molecule has 0 saturated heterocycles. The molecule has 0 bridgehead atoms. The summed E-state index contributed by atoms with van der Waals surface area (Å²) < 4.78 is 0. The van der Waals surface area contributed by atoms with Gasteiger partial charge in [-0.25, -0.2) is 0 Å². The average molecular weight is 288 g/mol. The molecule has 0 unspecified atom stereocenters. The molecule has 0 aliphatic rings. The molecule has 0 heterocycles. The number of rotatable bonds is 6. The van der Waals surface area contributed by atoms with E-state index in [1.807, 2.05) is 6.08 Å². The molecule has 2 rings (SSSR count). The van der Waals surface area contributed by atoms with Gasteiger partial charge in [0.05, 0.1) is 0 Å². The Morgan fingerprint density at radius 2 is 1.68 bits per heavy atom. The first-order valence-electron chi connectivity index (χ1n) is 8.12. The van der Waals surface area contributed by atoms with Gasteiger partial charge in [-0.05, 0) is 61.1 Å². The van der Waals surface area contributed by atoms with Gasteiger partial charge in [-0.2, -0.15) is 0 Å². The Labute approximate surface area is 134 Å². The first-order chi connectivity index (χ1) is 10.8. The van der Waals surface area contributed by atoms with Gasteiger partial charge in [0.15, 0.2) is 0 Å². The van der Waals surface area contributed by atoms with Crippen molar-refractivity contribution in [1.29, 1.82) is 0 Å². The Morgan fingerprint density at radius 3 is 2.41 bits per heavy atom. The highest BCUT2D eigenvalue weighted by atomic mass is 14.0. The normalized spacial score (nSPS) is 9.86. The van der Waals surface area contributed by atoms with E-state index in [0.717, 1.165) is 30.4 Å². The molecule has 0 nitrogen and oxygen atoms in total. The van der Waals surface area contributed by atoms with Gasteiger partial charge >= 0.3 is 0 Å². The van der Waals surface area contributed by atoms with Crippen LogP contribution in [-0.4, -0.2) is 0 Å². The SMILES string of the molecule is C=CCCc1ccc(C#Cc2cccc(CCCC)c2)cc1. The van der Waals surface area contributed by atoms with Gasteiger partial charge in [-0.1, -0.05) is 55.5 Å². The van der Waals surface area contributed by atoms with Crippen molar-refractivity contribution in [3.8, 4) is 11.8 Å². The molecule has 0 saturated carbocycles. The van der Waals surface area contributed by atoms with Gasteiger partial charge < -0.3 is 0 Å². The molecule has 0 heteroatoms. The number of aryl methyl sites for hydroxylation is 2. The standard InChI is InChI=1S/C22H24/c1-3-5-8-19-12-14-20(15-13-19)16-17-22-11-7-10-21(18-22)9-6-4-2/h3,7,10-15,18H,1,4-6,8-9H2,2H3. The van der Waals surface area contributed by atoms with Crippen LogP contribution in [0.4, 0.5) is 0 Å². The molecule has 0 aliphatic heterocycles. The molecule has 2 aromatic carbocycles. The van der Waals surface area contributed by atoms with Crippen LogP contribution in [0.2, 0.25) is 0 Å². The number of unbranched alkanes of at least 4 members (excludes halogenated alkanes) is 1. The molecule has 22 heavy (non-hydrogen) atoms. The quantitative estimate of drug-likeness (QED) is 0.483. The highest BCUT2D eigenvalue weighted by molar-refractivity contribution is 5.44. The smallest absolute Gasteiger partial charge is 0.0251 e. The Morgan fingerprint density at radius 1 is 0.909 bits per heavy atom. The van der Waals surface area contributed by atoms with Crippen molar-refractivity contribution >= 4 is 0 Å². The van der Waals surface area contributed by atoms with E-state index >= 15 is 0 Å². The fourth-order valence-electron chi connectivity index (χ4n) is 2.35. The van der Waals surface area contributed by atoms with E-state index < -0.39 is 0 Å². The minimum absolute atomic E-state index is 1.02. The Hall–Kier alpha value is -2.26. The van der Waals surface area contributed by atoms with Crippen molar-refractivity contribution < 1.29 is 0 Å². The third-order valence-corrected chi connectivity index (χ3v) is 3.69. The molecule has 2 aromatic rings. The second kappa shape index (κ2) is 8.90. The van der Waals surface area contributed by atoms with Crippen LogP contribution in [0, 0.1) is 11.8 Å². The van der Waals surface area contributed by atoms with Gasteiger partial charge in [0.1, 0.15) is 0 Å². The van der Waals surface area contributed by atoms with Crippen LogP contribution in [0.25, 0.3) is 0 Å². The predicted molar refractivity (Wildman–Crippen MR) is 96.0 cm³/mol. The van der Waals surface area contributed by atoms with E-state index in [-0.39, 0.29) is 0 Å². The maximum absolute atomic E-state index is 3.76. The molecule has 0 aliphatic carbocycles. The summed E-state index contributed by atoms with van der Waals surface area (Å²) in [5.41, 5.74) is 4.89. The molecule has 0 N–H and O–H groups in total. The molecule has 0 atom stereocenters. The van der Waals surface area contributed by atoms with Crippen molar-refractivity contribution in [2.45, 2.75) is 39.0 Å². The lowest BCUT2D eigenvalue weighted by molar-refractivity contribution is 0.795. The minimum Gasteiger partial charge on any atom is -0.103 e. The van der Waals surface area contributed by atoms with Crippen molar-refractivity contribution in [3.63, 3.8) is 0 Å². The van der Waals surface area contributed by atoms with E-state index in [1.54, 1.807) is 0 Å². The van der Waals surface area contributed by atoms with E-state index in [2.05, 4.69) is 73.9 Å². The van der Waals surface area contributed by atoms with Crippen LogP contribution in [0.1, 0.15) is 48.4 Å². The average Bonchev–Trinajstić information content (AvgIpc) is 2.57. The zero-order valence-corrected chi connectivity index (χ0v) is 13.4. The van der Waals surface area contributed by atoms with Crippen LogP contribution in [-0.2, 0) is 12.8 Å². The maximum atomic E-state index is 3.76. The lowest BCUT2D eigenvalue weighted by Crippen LogP contribution is -1.86. The second-order valence-corrected chi connectivity index (χ2v) is 5.58. The molecule has 0 spiro atoms. The van der Waals surface area contributed by atoms with Crippen LogP contribution < -0.4 is 0 Å². The zero-order chi connectivity index (χ0) is 15.6. The molecule has 0 fully saturated rings. The van der Waals surface area contributed by atoms with E-state index in [0.29, 0.717) is 0 Å². The number of hydrogen-bond acceptors (Lipinski definition) is 0. The highest BCUT2D eigenvalue weighted by Gasteiger charge is 1.94. The third-order valence-electron chi connectivity index (χ3n) is 3.69. The van der Waals surface area contributed by atoms with Crippen LogP contribution >= 0.6 is 0 Å². The second-order valence-electron chi connectivity index (χ2n) is 5.58. The summed E-state index contributed by atoms with van der Waals surface area (Å²) in [6.45, 7) is 5.98. The van der Waals surface area contributed by atoms with Crippen molar-refractivity contribution in [3.05, 3.63) is 83.4 Å². The first kappa shape index (κ1) is 16.1. The van der Waals surface area contributed by atoms with Gasteiger partial charge in [0, 0.05) is 11.1 Å². The minimum atomic E-state index is 1.02.